The van der Waals surface area contributed by atoms with Crippen LogP contribution in [-0.2, 0) is 0 Å². The van der Waals surface area contributed by atoms with Crippen molar-refractivity contribution in [3.8, 4) is 0 Å². The molecule has 2 rings (SSSR count). The average molecular weight is 192 g/mol. The van der Waals surface area contributed by atoms with E-state index in [1.54, 1.807) is 12.5 Å². The van der Waals surface area contributed by atoms with Gasteiger partial charge in [0.1, 0.15) is 11.5 Å². The third-order valence-electron chi connectivity index (χ3n) is 2.24. The summed E-state index contributed by atoms with van der Waals surface area (Å²) in [5, 5.41) is 0. The lowest BCUT2D eigenvalue weighted by molar-refractivity contribution is 0.531. The fourth-order valence-corrected chi connectivity index (χ4v) is 0.897. The van der Waals surface area contributed by atoms with E-state index in [0.717, 1.165) is 11.5 Å². The Morgan fingerprint density at radius 1 is 0.714 bits per heavy atom. The molecule has 0 saturated carbocycles. The second-order valence-corrected chi connectivity index (χ2v) is 3.32. The SMILES string of the molecule is Cc1ccoc1C.Cc1ccoc1C. The predicted molar refractivity (Wildman–Crippen MR) is 56.4 cm³/mol. The average Bonchev–Trinajstić information content (AvgIpc) is 2.67. The van der Waals surface area contributed by atoms with Gasteiger partial charge in [-0.05, 0) is 51.0 Å². The molecule has 0 bridgehead atoms. The largest absolute Gasteiger partial charge is 0.469 e. The van der Waals surface area contributed by atoms with E-state index in [4.69, 9.17) is 8.83 Å². The molecule has 0 radical (unpaired) electrons. The maximum Gasteiger partial charge on any atom is 0.103 e. The maximum absolute atomic E-state index is 4.96. The van der Waals surface area contributed by atoms with Gasteiger partial charge < -0.3 is 8.83 Å². The molecule has 2 aromatic rings. The quantitative estimate of drug-likeness (QED) is 0.634. The monoisotopic (exact) mass is 192 g/mol. The van der Waals surface area contributed by atoms with E-state index >= 15 is 0 Å². The second-order valence-electron chi connectivity index (χ2n) is 3.32. The number of rotatable bonds is 0. The van der Waals surface area contributed by atoms with E-state index in [2.05, 4.69) is 0 Å². The molecule has 0 aliphatic rings. The van der Waals surface area contributed by atoms with Crippen LogP contribution in [0.1, 0.15) is 22.6 Å². The van der Waals surface area contributed by atoms with Gasteiger partial charge in [-0.1, -0.05) is 0 Å². The summed E-state index contributed by atoms with van der Waals surface area (Å²) in [5.74, 6) is 2.03. The molecule has 0 saturated heterocycles. The van der Waals surface area contributed by atoms with Crippen LogP contribution < -0.4 is 0 Å². The normalized spacial score (nSPS) is 9.43. The topological polar surface area (TPSA) is 26.3 Å². The van der Waals surface area contributed by atoms with Crippen LogP contribution in [-0.4, -0.2) is 0 Å². The lowest BCUT2D eigenvalue weighted by atomic mass is 10.3. The Balaban J connectivity index is 0.000000140. The van der Waals surface area contributed by atoms with Crippen molar-refractivity contribution in [2.75, 3.05) is 0 Å². The highest BCUT2D eigenvalue weighted by Gasteiger charge is 1.89. The number of aryl methyl sites for hydroxylation is 4. The lowest BCUT2D eigenvalue weighted by Crippen LogP contribution is -1.63. The highest BCUT2D eigenvalue weighted by Crippen LogP contribution is 2.05. The van der Waals surface area contributed by atoms with Crippen LogP contribution in [0.3, 0.4) is 0 Å². The van der Waals surface area contributed by atoms with Crippen molar-refractivity contribution in [1.82, 2.24) is 0 Å². The zero-order valence-corrected chi connectivity index (χ0v) is 9.13. The first-order valence-electron chi connectivity index (χ1n) is 4.62. The van der Waals surface area contributed by atoms with Crippen molar-refractivity contribution in [2.24, 2.45) is 0 Å². The first kappa shape index (κ1) is 10.6. The summed E-state index contributed by atoms with van der Waals surface area (Å²) < 4.78 is 9.93. The molecule has 2 nitrogen and oxygen atoms in total. The molecule has 2 heterocycles. The molecule has 2 heteroatoms. The summed E-state index contributed by atoms with van der Waals surface area (Å²) in [7, 11) is 0. The maximum atomic E-state index is 4.96. The summed E-state index contributed by atoms with van der Waals surface area (Å²) >= 11 is 0. The minimum absolute atomic E-state index is 1.01. The number of hydrogen-bond acceptors (Lipinski definition) is 2. The van der Waals surface area contributed by atoms with Crippen LogP contribution in [0.15, 0.2) is 33.5 Å². The molecule has 0 amide bonds. The number of hydrogen-bond donors (Lipinski definition) is 0. The first-order chi connectivity index (χ1) is 6.61. The molecule has 0 spiro atoms. The van der Waals surface area contributed by atoms with Crippen LogP contribution in [0.2, 0.25) is 0 Å². The van der Waals surface area contributed by atoms with Gasteiger partial charge in [0, 0.05) is 0 Å². The Kier molecular flexibility index (Phi) is 3.57. The van der Waals surface area contributed by atoms with Gasteiger partial charge in [-0.25, -0.2) is 0 Å². The summed E-state index contributed by atoms with van der Waals surface area (Å²) in [4.78, 5) is 0. The highest BCUT2D eigenvalue weighted by atomic mass is 16.3. The Morgan fingerprint density at radius 2 is 1.07 bits per heavy atom. The molecule has 2 aromatic heterocycles. The molecule has 14 heavy (non-hydrogen) atoms. The van der Waals surface area contributed by atoms with Gasteiger partial charge >= 0.3 is 0 Å². The first-order valence-corrected chi connectivity index (χ1v) is 4.62. The molecule has 0 atom stereocenters. The van der Waals surface area contributed by atoms with E-state index in [1.165, 1.54) is 11.1 Å². The zero-order valence-electron chi connectivity index (χ0n) is 9.13. The third kappa shape index (κ3) is 2.80. The van der Waals surface area contributed by atoms with Gasteiger partial charge in [-0.3, -0.25) is 0 Å². The molecule has 0 aliphatic carbocycles. The van der Waals surface area contributed by atoms with Gasteiger partial charge in [0.05, 0.1) is 12.5 Å². The minimum atomic E-state index is 1.01. The molecule has 0 unspecified atom stereocenters. The Morgan fingerprint density at radius 3 is 1.14 bits per heavy atom. The van der Waals surface area contributed by atoms with E-state index in [-0.39, 0.29) is 0 Å². The second kappa shape index (κ2) is 4.70. The molecule has 0 N–H and O–H groups in total. The van der Waals surface area contributed by atoms with Gasteiger partial charge in [-0.15, -0.1) is 0 Å². The van der Waals surface area contributed by atoms with E-state index in [0.29, 0.717) is 0 Å². The highest BCUT2D eigenvalue weighted by molar-refractivity contribution is 5.12. The van der Waals surface area contributed by atoms with E-state index < -0.39 is 0 Å². The lowest BCUT2D eigenvalue weighted by Gasteiger charge is -1.79. The van der Waals surface area contributed by atoms with E-state index in [1.807, 2.05) is 39.8 Å². The van der Waals surface area contributed by atoms with E-state index in [9.17, 15) is 0 Å². The van der Waals surface area contributed by atoms with Crippen LogP contribution in [0.5, 0.6) is 0 Å². The van der Waals surface area contributed by atoms with Crippen molar-refractivity contribution in [1.29, 1.82) is 0 Å². The van der Waals surface area contributed by atoms with Gasteiger partial charge in [0.2, 0.25) is 0 Å². The van der Waals surface area contributed by atoms with Crippen LogP contribution >= 0.6 is 0 Å². The number of furan rings is 2. The van der Waals surface area contributed by atoms with Crippen LogP contribution in [0.25, 0.3) is 0 Å². The fraction of sp³-hybridized carbons (Fsp3) is 0.333. The molecular formula is C12H16O2. The summed E-state index contributed by atoms with van der Waals surface area (Å²) in [6.07, 6.45) is 3.40. The van der Waals surface area contributed by atoms with Crippen LogP contribution in [0, 0.1) is 27.7 Å². The zero-order chi connectivity index (χ0) is 10.6. The Labute approximate surface area is 84.5 Å². The summed E-state index contributed by atoms with van der Waals surface area (Å²) in [6, 6.07) is 3.91. The summed E-state index contributed by atoms with van der Waals surface area (Å²) in [6.45, 7) is 7.96. The molecule has 0 aromatic carbocycles. The van der Waals surface area contributed by atoms with Gasteiger partial charge in [0.15, 0.2) is 0 Å². The van der Waals surface area contributed by atoms with Crippen molar-refractivity contribution in [2.45, 2.75) is 27.7 Å². The van der Waals surface area contributed by atoms with Gasteiger partial charge in [-0.2, -0.15) is 0 Å². The van der Waals surface area contributed by atoms with Crippen molar-refractivity contribution < 1.29 is 8.83 Å². The van der Waals surface area contributed by atoms with Gasteiger partial charge in [0.25, 0.3) is 0 Å². The van der Waals surface area contributed by atoms with Crippen molar-refractivity contribution >= 4 is 0 Å². The third-order valence-corrected chi connectivity index (χ3v) is 2.24. The molecular weight excluding hydrogens is 176 g/mol. The fourth-order valence-electron chi connectivity index (χ4n) is 0.897. The molecule has 0 aliphatic heterocycles. The Bertz CT molecular complexity index is 311. The predicted octanol–water partition coefficient (Wildman–Crippen LogP) is 3.79. The smallest absolute Gasteiger partial charge is 0.103 e. The van der Waals surface area contributed by atoms with Crippen LogP contribution in [0.4, 0.5) is 0 Å². The Hall–Kier alpha value is -1.44. The standard InChI is InChI=1S/2C6H8O/c2*1-5-3-4-7-6(5)2/h2*3-4H,1-2H3. The molecule has 76 valence electrons. The summed E-state index contributed by atoms with van der Waals surface area (Å²) in [5.41, 5.74) is 2.44. The van der Waals surface area contributed by atoms with Crippen molar-refractivity contribution in [3.63, 3.8) is 0 Å². The van der Waals surface area contributed by atoms with Crippen molar-refractivity contribution in [3.05, 3.63) is 47.3 Å². The molecule has 0 fully saturated rings. The minimum Gasteiger partial charge on any atom is -0.469 e.